The Hall–Kier alpha value is -3.40. The summed E-state index contributed by atoms with van der Waals surface area (Å²) in [4.78, 5) is 17.0. The van der Waals surface area contributed by atoms with E-state index in [-0.39, 0.29) is 0 Å². The van der Waals surface area contributed by atoms with E-state index in [4.69, 9.17) is 9.97 Å². The van der Waals surface area contributed by atoms with Crippen molar-refractivity contribution in [2.75, 3.05) is 0 Å². The fourth-order valence-corrected chi connectivity index (χ4v) is 4.09. The van der Waals surface area contributed by atoms with Crippen LogP contribution in [0.3, 0.4) is 0 Å². The molecule has 0 saturated carbocycles. The van der Waals surface area contributed by atoms with Crippen molar-refractivity contribution in [2.45, 2.75) is 40.5 Å². The minimum absolute atomic E-state index is 0.988. The van der Waals surface area contributed by atoms with Crippen LogP contribution in [0, 0.1) is 27.7 Å². The Balaban J connectivity index is 0.00000106. The summed E-state index contributed by atoms with van der Waals surface area (Å²) in [5.74, 6) is 0. The fourth-order valence-electron chi connectivity index (χ4n) is 4.09. The van der Waals surface area contributed by atoms with Crippen LogP contribution in [0.1, 0.15) is 45.0 Å². The molecule has 8 bridgehead atoms. The molecule has 2 aliphatic heterocycles. The highest BCUT2D eigenvalue weighted by atomic mass is 14.8. The predicted molar refractivity (Wildman–Crippen MR) is 128 cm³/mol. The van der Waals surface area contributed by atoms with Gasteiger partial charge < -0.3 is 9.97 Å². The lowest BCUT2D eigenvalue weighted by atomic mass is 10.1. The quantitative estimate of drug-likeness (QED) is 0.342. The van der Waals surface area contributed by atoms with Crippen molar-refractivity contribution in [2.24, 2.45) is 0 Å². The molecule has 0 amide bonds. The number of aromatic amines is 2. The van der Waals surface area contributed by atoms with Crippen molar-refractivity contribution in [3.05, 3.63) is 82.5 Å². The molecule has 0 saturated heterocycles. The summed E-state index contributed by atoms with van der Waals surface area (Å²) in [5.41, 5.74) is 13.6. The lowest BCUT2D eigenvalue weighted by molar-refractivity contribution is 1.01. The van der Waals surface area contributed by atoms with Crippen LogP contribution in [-0.2, 0) is 12.8 Å². The van der Waals surface area contributed by atoms with Gasteiger partial charge in [0.1, 0.15) is 0 Å². The van der Waals surface area contributed by atoms with Gasteiger partial charge in [-0.3, -0.25) is 4.98 Å². The molecule has 5 rings (SSSR count). The fraction of sp³-hybridized carbons (Fsp3) is 0.231. The molecular formula is C26H28N4. The van der Waals surface area contributed by atoms with Crippen LogP contribution in [0.15, 0.2) is 37.4 Å². The number of aromatic nitrogens is 4. The van der Waals surface area contributed by atoms with Gasteiger partial charge in [-0.25, -0.2) is 4.98 Å². The van der Waals surface area contributed by atoms with Gasteiger partial charge in [-0.2, -0.15) is 0 Å². The number of hydrogen-bond acceptors (Lipinski definition) is 2. The maximum Gasteiger partial charge on any atom is 0.0687 e. The Morgan fingerprint density at radius 2 is 0.967 bits per heavy atom. The maximum atomic E-state index is 4.99. The first-order valence-corrected chi connectivity index (χ1v) is 10.3. The molecule has 0 fully saturated rings. The molecule has 2 N–H and O–H groups in total. The number of nitrogens with one attached hydrogen (secondary N) is 2. The van der Waals surface area contributed by atoms with E-state index < -0.39 is 0 Å². The molecule has 3 aromatic heterocycles. The molecule has 3 aromatic rings. The molecule has 152 valence electrons. The topological polar surface area (TPSA) is 57.4 Å². The Morgan fingerprint density at radius 3 is 1.37 bits per heavy atom. The molecular weight excluding hydrogens is 368 g/mol. The van der Waals surface area contributed by atoms with Gasteiger partial charge in [0.15, 0.2) is 0 Å². The minimum atomic E-state index is 0.988. The van der Waals surface area contributed by atoms with Crippen LogP contribution < -0.4 is 0 Å². The van der Waals surface area contributed by atoms with E-state index in [1.807, 2.05) is 0 Å². The maximum absolute atomic E-state index is 4.99. The summed E-state index contributed by atoms with van der Waals surface area (Å²) in [6, 6.07) is 8.60. The molecule has 30 heavy (non-hydrogen) atoms. The molecule has 0 aliphatic carbocycles. The molecule has 0 unspecified atom stereocenters. The Morgan fingerprint density at radius 1 is 0.600 bits per heavy atom. The third-order valence-electron chi connectivity index (χ3n) is 6.13. The molecule has 0 aromatic carbocycles. The normalized spacial score (nSPS) is 12.5. The molecule has 0 radical (unpaired) electrons. The summed E-state index contributed by atoms with van der Waals surface area (Å²) in [6.07, 6.45) is 6.18. The highest BCUT2D eigenvalue weighted by Gasteiger charge is 2.13. The summed E-state index contributed by atoms with van der Waals surface area (Å²) < 4.78 is 0. The second-order valence-electron chi connectivity index (χ2n) is 7.79. The van der Waals surface area contributed by atoms with Crippen molar-refractivity contribution in [3.63, 3.8) is 0 Å². The predicted octanol–water partition coefficient (Wildman–Crippen LogP) is 6.31. The van der Waals surface area contributed by atoms with Crippen molar-refractivity contribution >= 4 is 34.2 Å². The van der Waals surface area contributed by atoms with Crippen molar-refractivity contribution in [1.29, 1.82) is 0 Å². The summed E-state index contributed by atoms with van der Waals surface area (Å²) >= 11 is 0. The molecule has 0 atom stereocenters. The Kier molecular flexibility index (Phi) is 5.17. The first-order valence-electron chi connectivity index (χ1n) is 10.3. The van der Waals surface area contributed by atoms with Crippen LogP contribution in [0.4, 0.5) is 0 Å². The molecule has 2 aliphatic rings. The second-order valence-corrected chi connectivity index (χ2v) is 7.79. The highest BCUT2D eigenvalue weighted by Crippen LogP contribution is 2.25. The SMILES string of the molecule is C=C.Cc1c2nc(c(C)c3ccc([nH]3)c(C)c3nc(c(C)c4ccc1[nH]4)CC3)C=C2. The Labute approximate surface area is 177 Å². The number of fused-ring (bicyclic) bond motifs is 8. The number of H-pyrrole nitrogens is 2. The van der Waals surface area contributed by atoms with E-state index in [2.05, 4.69) is 87.2 Å². The van der Waals surface area contributed by atoms with Gasteiger partial charge in [0.25, 0.3) is 0 Å². The van der Waals surface area contributed by atoms with Crippen LogP contribution in [0.25, 0.3) is 34.2 Å². The zero-order valence-corrected chi connectivity index (χ0v) is 18.2. The third kappa shape index (κ3) is 3.28. The number of nitrogens with zero attached hydrogens (tertiary/aromatic N) is 2. The highest BCUT2D eigenvalue weighted by molar-refractivity contribution is 5.80. The average Bonchev–Trinajstić information content (AvgIpc) is 3.58. The van der Waals surface area contributed by atoms with Gasteiger partial charge in [0, 0.05) is 33.5 Å². The third-order valence-corrected chi connectivity index (χ3v) is 6.13. The zero-order chi connectivity index (χ0) is 21.4. The monoisotopic (exact) mass is 396 g/mol. The minimum Gasteiger partial charge on any atom is -0.355 e. The first kappa shape index (κ1) is 19.9. The van der Waals surface area contributed by atoms with Gasteiger partial charge >= 0.3 is 0 Å². The molecule has 0 spiro atoms. The largest absolute Gasteiger partial charge is 0.355 e. The molecule has 5 heterocycles. The summed E-state index contributed by atoms with van der Waals surface area (Å²) in [7, 11) is 0. The van der Waals surface area contributed by atoms with Crippen LogP contribution in [-0.4, -0.2) is 19.9 Å². The first-order chi connectivity index (χ1) is 14.5. The van der Waals surface area contributed by atoms with E-state index in [0.717, 1.165) is 57.4 Å². The summed E-state index contributed by atoms with van der Waals surface area (Å²) in [6.45, 7) is 14.6. The molecule has 4 heteroatoms. The average molecular weight is 397 g/mol. The zero-order valence-electron chi connectivity index (χ0n) is 18.2. The van der Waals surface area contributed by atoms with Gasteiger partial charge in [-0.05, 0) is 99.2 Å². The lowest BCUT2D eigenvalue weighted by Crippen LogP contribution is -1.86. The van der Waals surface area contributed by atoms with Gasteiger partial charge in [-0.15, -0.1) is 13.2 Å². The van der Waals surface area contributed by atoms with E-state index in [9.17, 15) is 0 Å². The lowest BCUT2D eigenvalue weighted by Gasteiger charge is -1.97. The Bertz CT molecular complexity index is 1220. The molecule has 4 nitrogen and oxygen atoms in total. The van der Waals surface area contributed by atoms with Gasteiger partial charge in [0.05, 0.1) is 11.4 Å². The summed E-state index contributed by atoms with van der Waals surface area (Å²) in [5, 5.41) is 0. The number of aryl methyl sites for hydroxylation is 6. The van der Waals surface area contributed by atoms with Gasteiger partial charge in [0.2, 0.25) is 0 Å². The van der Waals surface area contributed by atoms with Crippen molar-refractivity contribution < 1.29 is 0 Å². The van der Waals surface area contributed by atoms with Gasteiger partial charge in [-0.1, -0.05) is 0 Å². The second kappa shape index (κ2) is 7.79. The van der Waals surface area contributed by atoms with E-state index in [1.54, 1.807) is 0 Å². The van der Waals surface area contributed by atoms with Crippen molar-refractivity contribution in [3.8, 4) is 0 Å². The smallest absolute Gasteiger partial charge is 0.0687 e. The van der Waals surface area contributed by atoms with E-state index >= 15 is 0 Å². The number of hydrogen-bond donors (Lipinski definition) is 2. The van der Waals surface area contributed by atoms with E-state index in [1.165, 1.54) is 22.5 Å². The number of rotatable bonds is 0. The van der Waals surface area contributed by atoms with Crippen LogP contribution in [0.2, 0.25) is 0 Å². The standard InChI is InChI=1S/C24H24N4.C2H4/c1-13-17-5-7-19(25-17)14(2)21-9-11-23(27-21)16(4)24-12-10-22(28-24)15(3)20-8-6-18(13)26-20;1-2/h5-9,11,26-27H,10,12H2,1-4H3;1-2H2. The van der Waals surface area contributed by atoms with Crippen molar-refractivity contribution in [1.82, 2.24) is 19.9 Å². The van der Waals surface area contributed by atoms with E-state index in [0.29, 0.717) is 0 Å². The van der Waals surface area contributed by atoms with Crippen LogP contribution >= 0.6 is 0 Å². The van der Waals surface area contributed by atoms with Crippen LogP contribution in [0.5, 0.6) is 0 Å².